The highest BCUT2D eigenvalue weighted by Gasteiger charge is 2.21. The molecular formula is C23H21F3N10. The maximum atomic E-state index is 14.1. The van der Waals surface area contributed by atoms with E-state index in [0.717, 1.165) is 32.2 Å². The molecule has 1 aliphatic heterocycles. The largest absolute Gasteiger partial charge is 0.361 e. The Morgan fingerprint density at radius 3 is 2.61 bits per heavy atom. The number of benzene rings is 1. The number of piperazine rings is 1. The molecule has 0 atom stereocenters. The summed E-state index contributed by atoms with van der Waals surface area (Å²) in [5, 5.41) is 3.20. The number of imidazole rings is 2. The first-order valence-corrected chi connectivity index (χ1v) is 11.3. The van der Waals surface area contributed by atoms with Crippen molar-refractivity contribution < 1.29 is 13.2 Å². The van der Waals surface area contributed by atoms with Gasteiger partial charge in [0.05, 0.1) is 17.7 Å². The maximum absolute atomic E-state index is 14.1. The van der Waals surface area contributed by atoms with Gasteiger partial charge in [-0.2, -0.15) is 14.4 Å². The lowest BCUT2D eigenvalue weighted by molar-refractivity contribution is 0.311. The normalized spacial score (nSPS) is 14.7. The van der Waals surface area contributed by atoms with E-state index >= 15 is 0 Å². The predicted molar refractivity (Wildman–Crippen MR) is 127 cm³/mol. The number of halogens is 3. The summed E-state index contributed by atoms with van der Waals surface area (Å²) in [6, 6.07) is 5.46. The second-order valence-electron chi connectivity index (χ2n) is 8.58. The van der Waals surface area contributed by atoms with Crippen LogP contribution < -0.4 is 10.2 Å². The molecule has 5 heterocycles. The van der Waals surface area contributed by atoms with E-state index in [1.165, 1.54) is 18.3 Å². The first-order valence-electron chi connectivity index (χ1n) is 11.3. The second kappa shape index (κ2) is 8.75. The van der Waals surface area contributed by atoms with Crippen molar-refractivity contribution >= 4 is 34.0 Å². The van der Waals surface area contributed by atoms with Crippen molar-refractivity contribution in [2.75, 3.05) is 43.4 Å². The molecule has 1 fully saturated rings. The number of hydrogen-bond donors (Lipinski definition) is 2. The van der Waals surface area contributed by atoms with Gasteiger partial charge in [-0.1, -0.05) is 0 Å². The molecule has 1 aliphatic rings. The zero-order valence-electron chi connectivity index (χ0n) is 19.2. The monoisotopic (exact) mass is 494 g/mol. The summed E-state index contributed by atoms with van der Waals surface area (Å²) in [6.07, 6.45) is 2.92. The molecule has 0 radical (unpaired) electrons. The third-order valence-corrected chi connectivity index (χ3v) is 6.18. The van der Waals surface area contributed by atoms with Gasteiger partial charge in [0.25, 0.3) is 0 Å². The zero-order valence-corrected chi connectivity index (χ0v) is 19.2. The molecule has 1 aromatic carbocycles. The van der Waals surface area contributed by atoms with Gasteiger partial charge in [0, 0.05) is 38.4 Å². The van der Waals surface area contributed by atoms with Gasteiger partial charge in [-0.25, -0.2) is 23.7 Å². The van der Waals surface area contributed by atoms with Crippen molar-refractivity contribution in [3.05, 3.63) is 60.2 Å². The Bertz CT molecular complexity index is 1570. The number of nitrogens with one attached hydrogen (secondary N) is 2. The number of fused-ring (bicyclic) bond motifs is 2. The molecule has 10 nitrogen and oxygen atoms in total. The van der Waals surface area contributed by atoms with E-state index < -0.39 is 17.6 Å². The molecular weight excluding hydrogens is 473 g/mol. The first-order chi connectivity index (χ1) is 17.5. The molecule has 36 heavy (non-hydrogen) atoms. The predicted octanol–water partition coefficient (Wildman–Crippen LogP) is 2.87. The Balaban J connectivity index is 1.39. The fourth-order valence-corrected chi connectivity index (χ4v) is 4.21. The lowest BCUT2D eigenvalue weighted by atomic mass is 10.3. The van der Waals surface area contributed by atoms with Crippen molar-refractivity contribution in [2.45, 2.75) is 6.54 Å². The smallest absolute Gasteiger partial charge is 0.229 e. The van der Waals surface area contributed by atoms with Gasteiger partial charge >= 0.3 is 0 Å². The van der Waals surface area contributed by atoms with Crippen LogP contribution >= 0.6 is 0 Å². The lowest BCUT2D eigenvalue weighted by Gasteiger charge is -2.32. The number of H-pyrrole nitrogens is 1. The van der Waals surface area contributed by atoms with Gasteiger partial charge in [0.15, 0.2) is 28.6 Å². The Hall–Kier alpha value is -4.26. The number of nitrogens with zero attached hydrogens (tertiary/aromatic N) is 8. The van der Waals surface area contributed by atoms with Crippen molar-refractivity contribution in [3.8, 4) is 5.69 Å². The molecule has 2 N–H and O–H groups in total. The number of anilines is 2. The number of hydrogen-bond acceptors (Lipinski definition) is 8. The van der Waals surface area contributed by atoms with Crippen molar-refractivity contribution in [2.24, 2.45) is 0 Å². The SMILES string of the molecule is CN1CCN(c2nc(NCc3nc4c(F)c(F)ccc4[nH]3)c3ncn(-c4ccnc(F)c4)c3n2)CC1. The molecule has 13 heteroatoms. The molecule has 0 amide bonds. The summed E-state index contributed by atoms with van der Waals surface area (Å²) in [4.78, 5) is 29.0. The van der Waals surface area contributed by atoms with Crippen LogP contribution in [0.2, 0.25) is 0 Å². The summed E-state index contributed by atoms with van der Waals surface area (Å²) >= 11 is 0. The summed E-state index contributed by atoms with van der Waals surface area (Å²) in [7, 11) is 2.06. The Morgan fingerprint density at radius 2 is 1.81 bits per heavy atom. The van der Waals surface area contributed by atoms with Crippen molar-refractivity contribution in [1.82, 2.24) is 39.4 Å². The Morgan fingerprint density at radius 1 is 0.972 bits per heavy atom. The summed E-state index contributed by atoms with van der Waals surface area (Å²) in [6.45, 7) is 3.36. The number of likely N-dealkylation sites (N-methyl/N-ethyl adjacent to an activating group) is 1. The summed E-state index contributed by atoms with van der Waals surface area (Å²) in [5.74, 6) is -1.23. The number of aromatic amines is 1. The van der Waals surface area contributed by atoms with Crippen LogP contribution in [-0.4, -0.2) is 72.6 Å². The van der Waals surface area contributed by atoms with Gasteiger partial charge in [-0.05, 0) is 25.2 Å². The van der Waals surface area contributed by atoms with E-state index in [1.807, 2.05) is 0 Å². The maximum Gasteiger partial charge on any atom is 0.229 e. The molecule has 0 aliphatic carbocycles. The molecule has 184 valence electrons. The van der Waals surface area contributed by atoms with E-state index in [4.69, 9.17) is 9.97 Å². The molecule has 4 aromatic heterocycles. The zero-order chi connectivity index (χ0) is 24.8. The van der Waals surface area contributed by atoms with Crippen molar-refractivity contribution in [3.63, 3.8) is 0 Å². The van der Waals surface area contributed by atoms with Crippen LogP contribution in [0.4, 0.5) is 24.9 Å². The van der Waals surface area contributed by atoms with Crippen LogP contribution in [0, 0.1) is 17.6 Å². The third kappa shape index (κ3) is 3.96. The van der Waals surface area contributed by atoms with Gasteiger partial charge < -0.3 is 20.1 Å². The summed E-state index contributed by atoms with van der Waals surface area (Å²) < 4.78 is 43.2. The quantitative estimate of drug-likeness (QED) is 0.360. The highest BCUT2D eigenvalue weighted by molar-refractivity contribution is 5.85. The van der Waals surface area contributed by atoms with Crippen LogP contribution in [-0.2, 0) is 6.54 Å². The average Bonchev–Trinajstić information content (AvgIpc) is 3.50. The van der Waals surface area contributed by atoms with Gasteiger partial charge in [0.1, 0.15) is 17.7 Å². The molecule has 0 spiro atoms. The average molecular weight is 494 g/mol. The first kappa shape index (κ1) is 22.2. The lowest BCUT2D eigenvalue weighted by Crippen LogP contribution is -2.45. The van der Waals surface area contributed by atoms with Crippen LogP contribution in [0.25, 0.3) is 27.9 Å². The third-order valence-electron chi connectivity index (χ3n) is 6.18. The highest BCUT2D eigenvalue weighted by Crippen LogP contribution is 2.26. The van der Waals surface area contributed by atoms with Gasteiger partial charge in [-0.15, -0.1) is 0 Å². The topological polar surface area (TPSA) is 104 Å². The Kier molecular flexibility index (Phi) is 5.40. The highest BCUT2D eigenvalue weighted by atomic mass is 19.2. The van der Waals surface area contributed by atoms with E-state index in [0.29, 0.717) is 40.0 Å². The minimum absolute atomic E-state index is 0.0678. The second-order valence-corrected chi connectivity index (χ2v) is 8.58. The number of pyridine rings is 1. The molecule has 6 rings (SSSR count). The fraction of sp³-hybridized carbons (Fsp3) is 0.261. The van der Waals surface area contributed by atoms with Crippen LogP contribution in [0.5, 0.6) is 0 Å². The van der Waals surface area contributed by atoms with Gasteiger partial charge in [0.2, 0.25) is 11.9 Å². The van der Waals surface area contributed by atoms with Crippen LogP contribution in [0.1, 0.15) is 5.82 Å². The van der Waals surface area contributed by atoms with E-state index in [9.17, 15) is 13.2 Å². The van der Waals surface area contributed by atoms with Crippen LogP contribution in [0.15, 0.2) is 36.8 Å². The molecule has 1 saturated heterocycles. The molecule has 0 bridgehead atoms. The van der Waals surface area contributed by atoms with E-state index in [-0.39, 0.29) is 12.1 Å². The number of rotatable bonds is 5. The minimum Gasteiger partial charge on any atom is -0.361 e. The standard InChI is InChI=1S/C23H21F3N10/c1-34-6-8-35(9-7-34)23-32-21(28-11-17-30-15-3-2-14(24)18(26)19(15)31-17)20-22(33-23)36(12-29-20)13-4-5-27-16(25)10-13/h2-5,10,12H,6-9,11H2,1H3,(H,30,31)(H,28,32,33). The fourth-order valence-electron chi connectivity index (χ4n) is 4.21. The van der Waals surface area contributed by atoms with E-state index in [1.54, 1.807) is 17.0 Å². The molecule has 0 unspecified atom stereocenters. The summed E-state index contributed by atoms with van der Waals surface area (Å²) in [5.41, 5.74) is 1.80. The minimum atomic E-state index is -1.000. The van der Waals surface area contributed by atoms with Crippen molar-refractivity contribution in [1.29, 1.82) is 0 Å². The number of aromatic nitrogens is 7. The van der Waals surface area contributed by atoms with Crippen LogP contribution in [0.3, 0.4) is 0 Å². The van der Waals surface area contributed by atoms with E-state index in [2.05, 4.69) is 42.1 Å². The Labute approximate surface area is 202 Å². The van der Waals surface area contributed by atoms with Gasteiger partial charge in [-0.3, -0.25) is 4.57 Å². The molecule has 0 saturated carbocycles. The molecule has 5 aromatic rings.